The van der Waals surface area contributed by atoms with E-state index in [1.54, 1.807) is 55.8 Å². The number of aryl methyl sites for hydroxylation is 2. The smallest absolute Gasteiger partial charge is 0.256 e. The molecule has 0 aliphatic carbocycles. The highest BCUT2D eigenvalue weighted by atomic mass is 16.5. The number of fused-ring (bicyclic) bond motifs is 1. The van der Waals surface area contributed by atoms with Gasteiger partial charge in [-0.15, -0.1) is 0 Å². The van der Waals surface area contributed by atoms with Gasteiger partial charge in [0.05, 0.1) is 24.1 Å². The Kier molecular flexibility index (Phi) is 5.44. The van der Waals surface area contributed by atoms with E-state index in [2.05, 4.69) is 15.4 Å². The summed E-state index contributed by atoms with van der Waals surface area (Å²) >= 11 is 0. The zero-order valence-corrected chi connectivity index (χ0v) is 18.8. The number of aliphatic hydroxyl groups is 1. The summed E-state index contributed by atoms with van der Waals surface area (Å²) in [6.45, 7) is 7.29. The Morgan fingerprint density at radius 2 is 1.78 bits per heavy atom. The Bertz CT molecular complexity index is 1300. The number of carbonyl (C=O) groups is 1. The Morgan fingerprint density at radius 1 is 1.06 bits per heavy atom. The van der Waals surface area contributed by atoms with Crippen LogP contribution in [0.15, 0.2) is 54.6 Å². The average molecular weight is 431 g/mol. The van der Waals surface area contributed by atoms with Gasteiger partial charge < -0.3 is 15.2 Å². The van der Waals surface area contributed by atoms with Crippen molar-refractivity contribution < 1.29 is 14.6 Å². The lowest BCUT2D eigenvalue weighted by Gasteiger charge is -2.17. The van der Waals surface area contributed by atoms with Crippen LogP contribution < -0.4 is 10.1 Å². The number of hydrogen-bond acceptors (Lipinski definition) is 5. The standard InChI is InChI=1S/C25H26N4O3/c1-15-6-7-18(13-21(15)32-5)20-14-22(26-23-12-16(2)28-29(20)23)27-24(30)17-8-10-19(11-9-17)25(3,4)31/h6-14,31H,1-5H3,(H,26,27,30). The molecule has 2 N–H and O–H groups in total. The van der Waals surface area contributed by atoms with Crippen LogP contribution in [0.5, 0.6) is 5.75 Å². The molecule has 0 fully saturated rings. The van der Waals surface area contributed by atoms with E-state index in [1.807, 2.05) is 38.1 Å². The summed E-state index contributed by atoms with van der Waals surface area (Å²) in [7, 11) is 1.64. The minimum absolute atomic E-state index is 0.284. The largest absolute Gasteiger partial charge is 0.496 e. The Hall–Kier alpha value is -3.71. The number of benzene rings is 2. The lowest BCUT2D eigenvalue weighted by molar-refractivity contribution is 0.0785. The van der Waals surface area contributed by atoms with Gasteiger partial charge in [-0.1, -0.05) is 24.3 Å². The van der Waals surface area contributed by atoms with Crippen LogP contribution in [0.2, 0.25) is 0 Å². The second kappa shape index (κ2) is 8.09. The van der Waals surface area contributed by atoms with Gasteiger partial charge in [-0.3, -0.25) is 4.79 Å². The lowest BCUT2D eigenvalue weighted by Crippen LogP contribution is -2.17. The molecule has 7 heteroatoms. The minimum Gasteiger partial charge on any atom is -0.496 e. The number of amides is 1. The zero-order chi connectivity index (χ0) is 23.0. The maximum Gasteiger partial charge on any atom is 0.256 e. The molecule has 0 radical (unpaired) electrons. The van der Waals surface area contributed by atoms with Crippen molar-refractivity contribution >= 4 is 17.4 Å². The summed E-state index contributed by atoms with van der Waals surface area (Å²) in [5.74, 6) is 0.908. The third-order valence-corrected chi connectivity index (χ3v) is 5.35. The van der Waals surface area contributed by atoms with Gasteiger partial charge in [0.1, 0.15) is 11.6 Å². The van der Waals surface area contributed by atoms with Crippen molar-refractivity contribution in [2.75, 3.05) is 12.4 Å². The van der Waals surface area contributed by atoms with Crippen molar-refractivity contribution in [3.63, 3.8) is 0 Å². The first kappa shape index (κ1) is 21.5. The number of aromatic nitrogens is 3. The van der Waals surface area contributed by atoms with Crippen molar-refractivity contribution in [1.29, 1.82) is 0 Å². The molecular formula is C25H26N4O3. The number of carbonyl (C=O) groups excluding carboxylic acids is 1. The van der Waals surface area contributed by atoms with Crippen LogP contribution in [0, 0.1) is 13.8 Å². The molecule has 1 amide bonds. The van der Waals surface area contributed by atoms with Crippen LogP contribution >= 0.6 is 0 Å². The highest BCUT2D eigenvalue weighted by Crippen LogP contribution is 2.29. The van der Waals surface area contributed by atoms with Crippen LogP contribution in [0.4, 0.5) is 5.82 Å². The SMILES string of the molecule is COc1cc(-c2cc(NC(=O)c3ccc(C(C)(C)O)cc3)nc3cc(C)nn23)ccc1C. The van der Waals surface area contributed by atoms with Crippen molar-refractivity contribution in [2.45, 2.75) is 33.3 Å². The lowest BCUT2D eigenvalue weighted by atomic mass is 9.97. The fourth-order valence-corrected chi connectivity index (χ4v) is 3.56. The second-order valence-corrected chi connectivity index (χ2v) is 8.36. The molecule has 0 saturated heterocycles. The molecule has 0 spiro atoms. The van der Waals surface area contributed by atoms with E-state index in [1.165, 1.54) is 0 Å². The second-order valence-electron chi connectivity index (χ2n) is 8.36. The topological polar surface area (TPSA) is 88.8 Å². The van der Waals surface area contributed by atoms with Crippen molar-refractivity contribution in [2.24, 2.45) is 0 Å². The Labute approximate surface area is 186 Å². The molecule has 0 unspecified atom stereocenters. The van der Waals surface area contributed by atoms with Gasteiger partial charge in [-0.2, -0.15) is 5.10 Å². The molecule has 0 aliphatic heterocycles. The molecule has 4 rings (SSSR count). The quantitative estimate of drug-likeness (QED) is 0.487. The molecule has 164 valence electrons. The van der Waals surface area contributed by atoms with E-state index in [0.717, 1.165) is 33.8 Å². The third-order valence-electron chi connectivity index (χ3n) is 5.35. The molecule has 7 nitrogen and oxygen atoms in total. The molecular weight excluding hydrogens is 404 g/mol. The molecule has 0 bridgehead atoms. The fraction of sp³-hybridized carbons (Fsp3) is 0.240. The van der Waals surface area contributed by atoms with Gasteiger partial charge in [-0.25, -0.2) is 9.50 Å². The van der Waals surface area contributed by atoms with Crippen LogP contribution in [0.1, 0.15) is 41.0 Å². The molecule has 32 heavy (non-hydrogen) atoms. The fourth-order valence-electron chi connectivity index (χ4n) is 3.56. The van der Waals surface area contributed by atoms with E-state index < -0.39 is 5.60 Å². The number of methoxy groups -OCH3 is 1. The Balaban J connectivity index is 1.72. The van der Waals surface area contributed by atoms with Gasteiger partial charge in [0.15, 0.2) is 5.65 Å². The summed E-state index contributed by atoms with van der Waals surface area (Å²) < 4.78 is 7.23. The zero-order valence-electron chi connectivity index (χ0n) is 18.8. The molecule has 0 saturated carbocycles. The van der Waals surface area contributed by atoms with E-state index in [9.17, 15) is 9.90 Å². The van der Waals surface area contributed by atoms with Crippen molar-refractivity contribution in [3.05, 3.63) is 77.0 Å². The molecule has 2 aromatic heterocycles. The van der Waals surface area contributed by atoms with E-state index >= 15 is 0 Å². The first-order chi connectivity index (χ1) is 15.2. The summed E-state index contributed by atoms with van der Waals surface area (Å²) in [5, 5.41) is 17.6. The van der Waals surface area contributed by atoms with Crippen LogP contribution in [-0.4, -0.2) is 32.7 Å². The predicted molar refractivity (Wildman–Crippen MR) is 124 cm³/mol. The first-order valence-electron chi connectivity index (χ1n) is 10.3. The maximum absolute atomic E-state index is 12.9. The molecule has 2 aromatic carbocycles. The summed E-state index contributed by atoms with van der Waals surface area (Å²) in [6.07, 6.45) is 0. The first-order valence-corrected chi connectivity index (χ1v) is 10.3. The summed E-state index contributed by atoms with van der Waals surface area (Å²) in [5.41, 5.74) is 4.41. The van der Waals surface area contributed by atoms with Crippen LogP contribution in [0.25, 0.3) is 16.9 Å². The van der Waals surface area contributed by atoms with E-state index in [0.29, 0.717) is 17.0 Å². The average Bonchev–Trinajstić information content (AvgIpc) is 3.13. The normalized spacial score (nSPS) is 11.6. The predicted octanol–water partition coefficient (Wildman–Crippen LogP) is 4.50. The highest BCUT2D eigenvalue weighted by molar-refractivity contribution is 6.04. The van der Waals surface area contributed by atoms with Crippen molar-refractivity contribution in [3.8, 4) is 17.0 Å². The van der Waals surface area contributed by atoms with Gasteiger partial charge in [-0.05, 0) is 57.0 Å². The van der Waals surface area contributed by atoms with E-state index in [4.69, 9.17) is 4.74 Å². The van der Waals surface area contributed by atoms with Gasteiger partial charge in [0.2, 0.25) is 0 Å². The van der Waals surface area contributed by atoms with Crippen LogP contribution in [-0.2, 0) is 5.60 Å². The monoisotopic (exact) mass is 430 g/mol. The van der Waals surface area contributed by atoms with Crippen molar-refractivity contribution in [1.82, 2.24) is 14.6 Å². The van der Waals surface area contributed by atoms with E-state index in [-0.39, 0.29) is 5.91 Å². The summed E-state index contributed by atoms with van der Waals surface area (Å²) in [4.78, 5) is 17.4. The van der Waals surface area contributed by atoms with Gasteiger partial charge >= 0.3 is 0 Å². The number of anilines is 1. The number of ether oxygens (including phenoxy) is 1. The maximum atomic E-state index is 12.9. The molecule has 2 heterocycles. The Morgan fingerprint density at radius 3 is 2.44 bits per heavy atom. The van der Waals surface area contributed by atoms with Crippen LogP contribution in [0.3, 0.4) is 0 Å². The third kappa shape index (κ3) is 4.20. The molecule has 4 aromatic rings. The number of rotatable bonds is 5. The number of nitrogens with zero attached hydrogens (tertiary/aromatic N) is 3. The molecule has 0 aliphatic rings. The highest BCUT2D eigenvalue weighted by Gasteiger charge is 2.17. The number of hydrogen-bond donors (Lipinski definition) is 2. The van der Waals surface area contributed by atoms with Gasteiger partial charge in [0, 0.05) is 23.3 Å². The minimum atomic E-state index is -0.967. The van der Waals surface area contributed by atoms with Gasteiger partial charge in [0.25, 0.3) is 5.91 Å². The summed E-state index contributed by atoms with van der Waals surface area (Å²) in [6, 6.07) is 16.5. The number of nitrogens with one attached hydrogen (secondary N) is 1. The molecule has 0 atom stereocenters.